The van der Waals surface area contributed by atoms with Crippen molar-refractivity contribution in [1.82, 2.24) is 0 Å². The average molecular weight is 324 g/mol. The summed E-state index contributed by atoms with van der Waals surface area (Å²) < 4.78 is 1.17. The van der Waals surface area contributed by atoms with Crippen LogP contribution in [0.2, 0.25) is 0 Å². The first-order valence-corrected chi connectivity index (χ1v) is 8.24. The summed E-state index contributed by atoms with van der Waals surface area (Å²) >= 11 is 3.56. The van der Waals surface area contributed by atoms with Gasteiger partial charge in [0.15, 0.2) is 0 Å². The van der Waals surface area contributed by atoms with Crippen molar-refractivity contribution >= 4 is 21.6 Å². The minimum atomic E-state index is 0.469. The fourth-order valence-electron chi connectivity index (χ4n) is 3.67. The van der Waals surface area contributed by atoms with Crippen LogP contribution in [0.5, 0.6) is 0 Å². The molecule has 0 heterocycles. The van der Waals surface area contributed by atoms with Crippen molar-refractivity contribution in [2.24, 2.45) is 11.3 Å². The molecule has 1 fully saturated rings. The van der Waals surface area contributed by atoms with Crippen molar-refractivity contribution in [3.8, 4) is 0 Å². The quantitative estimate of drug-likeness (QED) is 0.759. The van der Waals surface area contributed by atoms with Crippen LogP contribution in [0, 0.1) is 11.3 Å². The van der Waals surface area contributed by atoms with E-state index in [0.717, 1.165) is 12.3 Å². The van der Waals surface area contributed by atoms with Crippen molar-refractivity contribution in [3.05, 3.63) is 28.2 Å². The number of benzene rings is 1. The van der Waals surface area contributed by atoms with E-state index >= 15 is 0 Å². The zero-order valence-electron chi connectivity index (χ0n) is 12.6. The maximum atomic E-state index is 3.79. The van der Waals surface area contributed by atoms with Crippen LogP contribution in [-0.2, 0) is 6.42 Å². The molecule has 0 spiro atoms. The van der Waals surface area contributed by atoms with Gasteiger partial charge in [0.2, 0.25) is 0 Å². The fraction of sp³-hybridized carbons (Fsp3) is 0.647. The predicted molar refractivity (Wildman–Crippen MR) is 87.7 cm³/mol. The molecule has 0 saturated heterocycles. The molecule has 1 aliphatic rings. The Morgan fingerprint density at radius 2 is 2.05 bits per heavy atom. The number of hydrogen-bond donors (Lipinski definition) is 1. The molecule has 0 amide bonds. The topological polar surface area (TPSA) is 12.0 Å². The highest BCUT2D eigenvalue weighted by Gasteiger charge is 2.32. The van der Waals surface area contributed by atoms with Crippen LogP contribution in [0.15, 0.2) is 22.7 Å². The molecule has 1 nitrogen and oxygen atoms in total. The first-order valence-electron chi connectivity index (χ1n) is 7.44. The van der Waals surface area contributed by atoms with E-state index < -0.39 is 0 Å². The van der Waals surface area contributed by atoms with Gasteiger partial charge < -0.3 is 5.32 Å². The van der Waals surface area contributed by atoms with Gasteiger partial charge in [-0.25, -0.2) is 0 Å². The summed E-state index contributed by atoms with van der Waals surface area (Å²) in [5.41, 5.74) is 3.20. The standard InChI is InChI=1S/C17H26BrN/c1-5-13-9-14(18)6-7-16(13)19-15-8-12(2)10-17(3,4)11-15/h6-7,9,12,15,19H,5,8,10-11H2,1-4H3. The summed E-state index contributed by atoms with van der Waals surface area (Å²) in [6.45, 7) is 9.41. The smallest absolute Gasteiger partial charge is 0.0375 e. The molecular weight excluding hydrogens is 298 g/mol. The molecule has 2 rings (SSSR count). The lowest BCUT2D eigenvalue weighted by atomic mass is 9.70. The Morgan fingerprint density at radius 1 is 1.32 bits per heavy atom. The predicted octanol–water partition coefficient (Wildman–Crippen LogP) is 5.64. The molecule has 2 heteroatoms. The Kier molecular flexibility index (Phi) is 4.60. The molecule has 106 valence electrons. The molecule has 0 aliphatic heterocycles. The van der Waals surface area contributed by atoms with E-state index in [2.05, 4.69) is 67.1 Å². The van der Waals surface area contributed by atoms with Gasteiger partial charge in [-0.2, -0.15) is 0 Å². The highest BCUT2D eigenvalue weighted by Crippen LogP contribution is 2.39. The molecule has 1 saturated carbocycles. The molecule has 2 atom stereocenters. The maximum Gasteiger partial charge on any atom is 0.0375 e. The van der Waals surface area contributed by atoms with E-state index in [1.165, 1.54) is 35.0 Å². The van der Waals surface area contributed by atoms with Gasteiger partial charge >= 0.3 is 0 Å². The molecule has 1 N–H and O–H groups in total. The maximum absolute atomic E-state index is 3.79. The second-order valence-electron chi connectivity index (χ2n) is 6.91. The van der Waals surface area contributed by atoms with E-state index in [-0.39, 0.29) is 0 Å². The van der Waals surface area contributed by atoms with Crippen molar-refractivity contribution in [2.75, 3.05) is 5.32 Å². The monoisotopic (exact) mass is 323 g/mol. The zero-order chi connectivity index (χ0) is 14.0. The van der Waals surface area contributed by atoms with Crippen molar-refractivity contribution in [2.45, 2.75) is 59.4 Å². The number of hydrogen-bond acceptors (Lipinski definition) is 1. The van der Waals surface area contributed by atoms with E-state index in [1.54, 1.807) is 0 Å². The van der Waals surface area contributed by atoms with Crippen LogP contribution in [0.3, 0.4) is 0 Å². The minimum Gasteiger partial charge on any atom is -0.382 e. The third-order valence-electron chi connectivity index (χ3n) is 4.19. The third-order valence-corrected chi connectivity index (χ3v) is 4.69. The van der Waals surface area contributed by atoms with Gasteiger partial charge in [-0.15, -0.1) is 0 Å². The Labute approximate surface area is 126 Å². The Bertz CT molecular complexity index is 439. The summed E-state index contributed by atoms with van der Waals surface area (Å²) in [7, 11) is 0. The van der Waals surface area contributed by atoms with Crippen LogP contribution in [0.1, 0.15) is 52.5 Å². The molecule has 0 radical (unpaired) electrons. The van der Waals surface area contributed by atoms with Gasteiger partial charge in [-0.05, 0) is 60.8 Å². The van der Waals surface area contributed by atoms with Gasteiger partial charge in [-0.1, -0.05) is 43.6 Å². The van der Waals surface area contributed by atoms with Gasteiger partial charge in [0.1, 0.15) is 0 Å². The minimum absolute atomic E-state index is 0.469. The molecule has 1 aliphatic carbocycles. The second kappa shape index (κ2) is 5.87. The first kappa shape index (κ1) is 14.9. The lowest BCUT2D eigenvalue weighted by molar-refractivity contribution is 0.178. The zero-order valence-corrected chi connectivity index (χ0v) is 14.2. The summed E-state index contributed by atoms with van der Waals surface area (Å²) in [5, 5.41) is 3.79. The molecule has 19 heavy (non-hydrogen) atoms. The number of anilines is 1. The normalized spacial score (nSPS) is 26.2. The van der Waals surface area contributed by atoms with Crippen LogP contribution in [0.4, 0.5) is 5.69 Å². The second-order valence-corrected chi connectivity index (χ2v) is 7.83. The number of halogens is 1. The Balaban J connectivity index is 2.12. The summed E-state index contributed by atoms with van der Waals surface area (Å²) in [5.74, 6) is 0.821. The van der Waals surface area contributed by atoms with Gasteiger partial charge in [0.25, 0.3) is 0 Å². The van der Waals surface area contributed by atoms with Crippen molar-refractivity contribution < 1.29 is 0 Å². The lowest BCUT2D eigenvalue weighted by Crippen LogP contribution is -2.35. The van der Waals surface area contributed by atoms with Gasteiger partial charge in [-0.3, -0.25) is 0 Å². The Hall–Kier alpha value is -0.500. The van der Waals surface area contributed by atoms with Gasteiger partial charge in [0, 0.05) is 16.2 Å². The highest BCUT2D eigenvalue weighted by atomic mass is 79.9. The summed E-state index contributed by atoms with van der Waals surface area (Å²) in [4.78, 5) is 0. The summed E-state index contributed by atoms with van der Waals surface area (Å²) in [6, 6.07) is 7.21. The lowest BCUT2D eigenvalue weighted by Gasteiger charge is -2.40. The third kappa shape index (κ3) is 3.98. The van der Waals surface area contributed by atoms with Crippen molar-refractivity contribution in [3.63, 3.8) is 0 Å². The van der Waals surface area contributed by atoms with E-state index in [9.17, 15) is 0 Å². The van der Waals surface area contributed by atoms with Crippen LogP contribution >= 0.6 is 15.9 Å². The van der Waals surface area contributed by atoms with E-state index in [0.29, 0.717) is 11.5 Å². The molecule has 0 bridgehead atoms. The van der Waals surface area contributed by atoms with Gasteiger partial charge in [0.05, 0.1) is 0 Å². The van der Waals surface area contributed by atoms with Crippen molar-refractivity contribution in [1.29, 1.82) is 0 Å². The molecule has 2 unspecified atom stereocenters. The SMILES string of the molecule is CCc1cc(Br)ccc1NC1CC(C)CC(C)(C)C1. The van der Waals surface area contributed by atoms with E-state index in [4.69, 9.17) is 0 Å². The molecule has 1 aromatic carbocycles. The molecule has 0 aromatic heterocycles. The fourth-order valence-corrected chi connectivity index (χ4v) is 4.08. The number of rotatable bonds is 3. The average Bonchev–Trinajstić information content (AvgIpc) is 2.28. The molecular formula is C17H26BrN. The first-order chi connectivity index (χ1) is 8.89. The molecule has 1 aromatic rings. The number of nitrogens with one attached hydrogen (secondary N) is 1. The summed E-state index contributed by atoms with van der Waals surface area (Å²) in [6.07, 6.45) is 5.00. The largest absolute Gasteiger partial charge is 0.382 e. The van der Waals surface area contributed by atoms with Crippen LogP contribution in [-0.4, -0.2) is 6.04 Å². The number of aryl methyl sites for hydroxylation is 1. The van der Waals surface area contributed by atoms with Crippen LogP contribution in [0.25, 0.3) is 0 Å². The highest BCUT2D eigenvalue weighted by molar-refractivity contribution is 9.10. The van der Waals surface area contributed by atoms with Crippen LogP contribution < -0.4 is 5.32 Å². The Morgan fingerprint density at radius 3 is 2.68 bits per heavy atom. The van der Waals surface area contributed by atoms with E-state index in [1.807, 2.05) is 0 Å².